The van der Waals surface area contributed by atoms with E-state index in [1.165, 1.54) is 31.2 Å². The first-order valence-electron chi connectivity index (χ1n) is 12.7. The molecule has 4 rings (SSSR count). The molecule has 0 radical (unpaired) electrons. The van der Waals surface area contributed by atoms with Gasteiger partial charge in [-0.05, 0) is 78.9 Å². The van der Waals surface area contributed by atoms with E-state index in [0.29, 0.717) is 36.3 Å². The zero-order valence-electron chi connectivity index (χ0n) is 21.4. The number of halogens is 2. The molecule has 7 nitrogen and oxygen atoms in total. The Morgan fingerprint density at radius 2 is 1.56 bits per heavy atom. The van der Waals surface area contributed by atoms with Crippen molar-refractivity contribution in [3.8, 4) is 5.75 Å². The van der Waals surface area contributed by atoms with E-state index in [4.69, 9.17) is 14.6 Å². The number of carbonyl (C=O) groups is 3. The van der Waals surface area contributed by atoms with E-state index < -0.39 is 35.6 Å². The molecule has 0 aromatic heterocycles. The van der Waals surface area contributed by atoms with Crippen LogP contribution in [0.4, 0.5) is 14.5 Å². The number of ether oxygens (including phenoxy) is 2. The lowest BCUT2D eigenvalue weighted by Gasteiger charge is -2.48. The third kappa shape index (κ3) is 6.98. The average Bonchev–Trinajstić information content (AvgIpc) is 2.91. The quantitative estimate of drug-likeness (QED) is 0.173. The SMILES string of the molecule is CC(=O)OC(CCC1C(=O)N(c2ccc(F)cc2)C1c1ccc(OCCCC(=O)O)cc1)c1ccc(F)cc1. The standard InChI is InChI=1S/C30H29F2NO6/c1-19(34)39-27(20-4-8-22(31)9-5-20)17-16-26-29(33(30(26)37)24-12-10-23(32)11-13-24)21-6-14-25(15-7-21)38-18-2-3-28(35)36/h4-15,26-27,29H,2-3,16-18H2,1H3,(H,35,36). The first kappa shape index (κ1) is 27.8. The summed E-state index contributed by atoms with van der Waals surface area (Å²) >= 11 is 0. The van der Waals surface area contributed by atoms with Crippen LogP contribution in [0.2, 0.25) is 0 Å². The lowest BCUT2D eigenvalue weighted by atomic mass is 9.78. The van der Waals surface area contributed by atoms with Crippen LogP contribution >= 0.6 is 0 Å². The third-order valence-corrected chi connectivity index (χ3v) is 6.63. The summed E-state index contributed by atoms with van der Waals surface area (Å²) in [5, 5.41) is 8.77. The highest BCUT2D eigenvalue weighted by atomic mass is 19.1. The van der Waals surface area contributed by atoms with Crippen molar-refractivity contribution in [3.05, 3.63) is 95.6 Å². The van der Waals surface area contributed by atoms with Gasteiger partial charge < -0.3 is 19.5 Å². The molecule has 1 fully saturated rings. The Morgan fingerprint density at radius 3 is 2.15 bits per heavy atom. The fourth-order valence-corrected chi connectivity index (χ4v) is 4.78. The number of aliphatic carboxylic acids is 1. The van der Waals surface area contributed by atoms with Gasteiger partial charge in [-0.1, -0.05) is 24.3 Å². The van der Waals surface area contributed by atoms with Gasteiger partial charge in [-0.3, -0.25) is 14.4 Å². The summed E-state index contributed by atoms with van der Waals surface area (Å²) in [4.78, 5) is 37.4. The summed E-state index contributed by atoms with van der Waals surface area (Å²) in [7, 11) is 0. The van der Waals surface area contributed by atoms with Gasteiger partial charge in [-0.25, -0.2) is 8.78 Å². The zero-order chi connectivity index (χ0) is 27.9. The maximum absolute atomic E-state index is 13.6. The molecule has 0 spiro atoms. The number of rotatable bonds is 12. The average molecular weight is 538 g/mol. The Hall–Kier alpha value is -4.27. The van der Waals surface area contributed by atoms with Gasteiger partial charge in [-0.2, -0.15) is 0 Å². The van der Waals surface area contributed by atoms with E-state index in [1.54, 1.807) is 41.3 Å². The second-order valence-corrected chi connectivity index (χ2v) is 9.38. The van der Waals surface area contributed by atoms with Crippen LogP contribution in [0, 0.1) is 17.6 Å². The Morgan fingerprint density at radius 1 is 0.949 bits per heavy atom. The summed E-state index contributed by atoms with van der Waals surface area (Å²) in [6.45, 7) is 1.56. The van der Waals surface area contributed by atoms with E-state index in [0.717, 1.165) is 5.56 Å². The van der Waals surface area contributed by atoms with Gasteiger partial charge in [0.25, 0.3) is 0 Å². The molecule has 1 N–H and O–H groups in total. The zero-order valence-corrected chi connectivity index (χ0v) is 21.4. The van der Waals surface area contributed by atoms with Crippen molar-refractivity contribution in [2.45, 2.75) is 44.8 Å². The molecule has 3 aromatic carbocycles. The molecular formula is C30H29F2NO6. The molecule has 39 heavy (non-hydrogen) atoms. The van der Waals surface area contributed by atoms with Gasteiger partial charge in [0, 0.05) is 19.0 Å². The van der Waals surface area contributed by atoms with Crippen molar-refractivity contribution >= 4 is 23.5 Å². The molecule has 1 aliphatic rings. The molecule has 0 saturated carbocycles. The van der Waals surface area contributed by atoms with E-state index in [9.17, 15) is 23.2 Å². The number of hydrogen-bond acceptors (Lipinski definition) is 5. The maximum Gasteiger partial charge on any atom is 0.303 e. The van der Waals surface area contributed by atoms with Crippen molar-refractivity contribution < 1.29 is 37.7 Å². The highest BCUT2D eigenvalue weighted by Crippen LogP contribution is 2.46. The Labute approximate surface area is 225 Å². The highest BCUT2D eigenvalue weighted by molar-refractivity contribution is 6.03. The molecular weight excluding hydrogens is 508 g/mol. The first-order valence-corrected chi connectivity index (χ1v) is 12.7. The molecule has 1 amide bonds. The molecule has 0 aliphatic carbocycles. The monoisotopic (exact) mass is 537 g/mol. The molecule has 9 heteroatoms. The van der Waals surface area contributed by atoms with Crippen LogP contribution in [0.1, 0.15) is 55.9 Å². The first-order chi connectivity index (χ1) is 18.7. The number of anilines is 1. The van der Waals surface area contributed by atoms with E-state index >= 15 is 0 Å². The summed E-state index contributed by atoms with van der Waals surface area (Å²) in [6.07, 6.45) is 0.497. The Balaban J connectivity index is 1.53. The number of β-lactam (4-membered cyclic amide) rings is 1. The minimum atomic E-state index is -0.883. The molecule has 1 heterocycles. The van der Waals surface area contributed by atoms with E-state index in [1.807, 2.05) is 12.1 Å². The predicted molar refractivity (Wildman–Crippen MR) is 139 cm³/mol. The molecule has 1 saturated heterocycles. The number of carboxylic acid groups (broad SMARTS) is 1. The van der Waals surface area contributed by atoms with Crippen molar-refractivity contribution in [2.75, 3.05) is 11.5 Å². The van der Waals surface area contributed by atoms with Gasteiger partial charge in [0.1, 0.15) is 23.5 Å². The van der Waals surface area contributed by atoms with Crippen LogP contribution in [-0.4, -0.2) is 29.6 Å². The molecule has 0 bridgehead atoms. The van der Waals surface area contributed by atoms with Crippen LogP contribution < -0.4 is 9.64 Å². The summed E-state index contributed by atoms with van der Waals surface area (Å²) in [5.74, 6) is -2.17. The number of esters is 1. The minimum Gasteiger partial charge on any atom is -0.494 e. The second kappa shape index (κ2) is 12.5. The van der Waals surface area contributed by atoms with E-state index in [-0.39, 0.29) is 25.0 Å². The molecule has 3 atom stereocenters. The number of carbonyl (C=O) groups excluding carboxylic acids is 2. The van der Waals surface area contributed by atoms with Gasteiger partial charge >= 0.3 is 11.9 Å². The van der Waals surface area contributed by atoms with Gasteiger partial charge in [0.05, 0.1) is 18.6 Å². The molecule has 3 unspecified atom stereocenters. The molecule has 1 aliphatic heterocycles. The van der Waals surface area contributed by atoms with Crippen LogP contribution in [0.25, 0.3) is 0 Å². The summed E-state index contributed by atoms with van der Waals surface area (Å²) < 4.78 is 38.1. The number of hydrogen-bond donors (Lipinski definition) is 1. The van der Waals surface area contributed by atoms with Gasteiger partial charge in [0.15, 0.2) is 0 Å². The number of benzene rings is 3. The molecule has 3 aromatic rings. The van der Waals surface area contributed by atoms with E-state index in [2.05, 4.69) is 0 Å². The fourth-order valence-electron chi connectivity index (χ4n) is 4.78. The van der Waals surface area contributed by atoms with Crippen molar-refractivity contribution in [3.63, 3.8) is 0 Å². The number of carboxylic acids is 1. The van der Waals surface area contributed by atoms with Crippen LogP contribution in [0.3, 0.4) is 0 Å². The molecule has 204 valence electrons. The van der Waals surface area contributed by atoms with Crippen LogP contribution in [0.15, 0.2) is 72.8 Å². The van der Waals surface area contributed by atoms with Crippen molar-refractivity contribution in [1.29, 1.82) is 0 Å². The summed E-state index contributed by atoms with van der Waals surface area (Å²) in [5.41, 5.74) is 2.04. The smallest absolute Gasteiger partial charge is 0.303 e. The normalized spacial score (nSPS) is 17.3. The van der Waals surface area contributed by atoms with Crippen molar-refractivity contribution in [2.24, 2.45) is 5.92 Å². The Bertz CT molecular complexity index is 1290. The maximum atomic E-state index is 13.6. The number of amides is 1. The highest BCUT2D eigenvalue weighted by Gasteiger charge is 2.48. The van der Waals surface area contributed by atoms with Crippen LogP contribution in [-0.2, 0) is 19.1 Å². The predicted octanol–water partition coefficient (Wildman–Crippen LogP) is 6.00. The largest absolute Gasteiger partial charge is 0.494 e. The third-order valence-electron chi connectivity index (χ3n) is 6.63. The lowest BCUT2D eigenvalue weighted by Crippen LogP contribution is -2.55. The summed E-state index contributed by atoms with van der Waals surface area (Å²) in [6, 6.07) is 18.3. The van der Waals surface area contributed by atoms with Gasteiger partial charge in [0.2, 0.25) is 5.91 Å². The van der Waals surface area contributed by atoms with Gasteiger partial charge in [-0.15, -0.1) is 0 Å². The van der Waals surface area contributed by atoms with Crippen LogP contribution in [0.5, 0.6) is 5.75 Å². The Kier molecular flexibility index (Phi) is 8.91. The topological polar surface area (TPSA) is 93.1 Å². The van der Waals surface area contributed by atoms with Crippen molar-refractivity contribution in [1.82, 2.24) is 0 Å². The minimum absolute atomic E-state index is 0.0167. The fraction of sp³-hybridized carbons (Fsp3) is 0.300. The number of nitrogens with zero attached hydrogens (tertiary/aromatic N) is 1. The lowest BCUT2D eigenvalue weighted by molar-refractivity contribution is -0.147. The second-order valence-electron chi connectivity index (χ2n) is 9.38.